The van der Waals surface area contributed by atoms with E-state index in [0.29, 0.717) is 5.76 Å². The molecule has 90 valence electrons. The summed E-state index contributed by atoms with van der Waals surface area (Å²) in [7, 11) is 0. The molecule has 0 bridgehead atoms. The van der Waals surface area contributed by atoms with Crippen LogP contribution < -0.4 is 16.0 Å². The second kappa shape index (κ2) is 7.24. The van der Waals surface area contributed by atoms with Crippen LogP contribution in [0.1, 0.15) is 6.92 Å². The maximum absolute atomic E-state index is 13.4. The fraction of sp³-hybridized carbons (Fsp3) is 0.0769. The largest absolute Gasteiger partial charge is 0.454 e. The van der Waals surface area contributed by atoms with Gasteiger partial charge in [0.1, 0.15) is 5.76 Å². The summed E-state index contributed by atoms with van der Waals surface area (Å²) >= 11 is 0. The number of allylic oxidation sites excluding steroid dienone is 4. The van der Waals surface area contributed by atoms with Crippen LogP contribution in [0.25, 0.3) is 0 Å². The Hall–Kier alpha value is -2.07. The highest BCUT2D eigenvalue weighted by Crippen LogP contribution is 2.18. The van der Waals surface area contributed by atoms with Crippen LogP contribution in [0.5, 0.6) is 5.75 Å². The molecule has 0 saturated heterocycles. The molecule has 0 amide bonds. The van der Waals surface area contributed by atoms with Gasteiger partial charge in [0, 0.05) is 6.20 Å². The molecule has 4 heteroatoms. The van der Waals surface area contributed by atoms with Crippen LogP contribution in [0.2, 0.25) is 0 Å². The van der Waals surface area contributed by atoms with Gasteiger partial charge in [0.2, 0.25) is 0 Å². The molecule has 3 N–H and O–H groups in total. The molecule has 1 aromatic rings. The van der Waals surface area contributed by atoms with E-state index in [-0.39, 0.29) is 5.75 Å². The number of rotatable bonds is 5. The Morgan fingerprint density at radius 2 is 2.18 bits per heavy atom. The maximum Gasteiger partial charge on any atom is 0.165 e. The van der Waals surface area contributed by atoms with Gasteiger partial charge < -0.3 is 10.2 Å². The molecule has 0 aliphatic rings. The van der Waals surface area contributed by atoms with E-state index in [0.717, 1.165) is 0 Å². The SMILES string of the molecule is C/C=C/C(=C\C=C\NN)Oc1ccccc1F. The molecule has 0 heterocycles. The van der Waals surface area contributed by atoms with Gasteiger partial charge in [0.15, 0.2) is 11.6 Å². The first kappa shape index (κ1) is 13.0. The number of para-hydroxylation sites is 1. The predicted molar refractivity (Wildman–Crippen MR) is 66.4 cm³/mol. The highest BCUT2D eigenvalue weighted by Gasteiger charge is 2.02. The Kier molecular flexibility index (Phi) is 5.54. The normalized spacial score (nSPS) is 12.3. The van der Waals surface area contributed by atoms with Gasteiger partial charge in [-0.15, -0.1) is 0 Å². The molecule has 0 spiro atoms. The predicted octanol–water partition coefficient (Wildman–Crippen LogP) is 2.64. The van der Waals surface area contributed by atoms with Gasteiger partial charge in [-0.1, -0.05) is 18.2 Å². The third-order valence-corrected chi connectivity index (χ3v) is 1.85. The number of ether oxygens (including phenoxy) is 1. The van der Waals surface area contributed by atoms with E-state index in [4.69, 9.17) is 10.6 Å². The zero-order chi connectivity index (χ0) is 12.5. The minimum absolute atomic E-state index is 0.186. The van der Waals surface area contributed by atoms with Crippen LogP contribution in [0, 0.1) is 5.82 Å². The number of hydrazine groups is 1. The van der Waals surface area contributed by atoms with E-state index in [1.807, 2.05) is 6.92 Å². The summed E-state index contributed by atoms with van der Waals surface area (Å²) in [6.45, 7) is 1.85. The van der Waals surface area contributed by atoms with Crippen LogP contribution in [-0.4, -0.2) is 0 Å². The first-order valence-corrected chi connectivity index (χ1v) is 5.16. The molecule has 1 aromatic carbocycles. The van der Waals surface area contributed by atoms with Crippen molar-refractivity contribution in [3.05, 3.63) is 66.3 Å². The zero-order valence-corrected chi connectivity index (χ0v) is 9.56. The van der Waals surface area contributed by atoms with E-state index in [2.05, 4.69) is 5.43 Å². The molecule has 1 rings (SSSR count). The summed E-state index contributed by atoms with van der Waals surface area (Å²) in [5.41, 5.74) is 2.36. The van der Waals surface area contributed by atoms with Gasteiger partial charge in [0.05, 0.1) is 0 Å². The van der Waals surface area contributed by atoms with Crippen molar-refractivity contribution >= 4 is 0 Å². The van der Waals surface area contributed by atoms with Crippen LogP contribution in [0.15, 0.2) is 60.5 Å². The van der Waals surface area contributed by atoms with Gasteiger partial charge in [-0.05, 0) is 37.3 Å². The van der Waals surface area contributed by atoms with Gasteiger partial charge >= 0.3 is 0 Å². The number of nitrogens with one attached hydrogen (secondary N) is 1. The second-order valence-corrected chi connectivity index (χ2v) is 3.13. The van der Waals surface area contributed by atoms with Crippen molar-refractivity contribution in [1.82, 2.24) is 5.43 Å². The molecule has 3 nitrogen and oxygen atoms in total. The number of benzene rings is 1. The zero-order valence-electron chi connectivity index (χ0n) is 9.56. The number of hydrogen-bond donors (Lipinski definition) is 2. The van der Waals surface area contributed by atoms with Crippen molar-refractivity contribution in [2.24, 2.45) is 5.84 Å². The van der Waals surface area contributed by atoms with Crippen molar-refractivity contribution in [2.45, 2.75) is 6.92 Å². The molecule has 0 fully saturated rings. The third-order valence-electron chi connectivity index (χ3n) is 1.85. The van der Waals surface area contributed by atoms with Gasteiger partial charge in [0.25, 0.3) is 0 Å². The van der Waals surface area contributed by atoms with Crippen LogP contribution in [0.4, 0.5) is 4.39 Å². The Balaban J connectivity index is 2.84. The van der Waals surface area contributed by atoms with Gasteiger partial charge in [-0.25, -0.2) is 4.39 Å². The molecule has 0 atom stereocenters. The highest BCUT2D eigenvalue weighted by atomic mass is 19.1. The Labute approximate surface area is 100 Å². The van der Waals surface area contributed by atoms with Crippen LogP contribution in [0.3, 0.4) is 0 Å². The lowest BCUT2D eigenvalue weighted by molar-refractivity contribution is 0.412. The minimum Gasteiger partial charge on any atom is -0.454 e. The molecule has 0 aliphatic carbocycles. The van der Waals surface area contributed by atoms with Gasteiger partial charge in [-0.2, -0.15) is 0 Å². The highest BCUT2D eigenvalue weighted by molar-refractivity contribution is 5.29. The number of nitrogens with two attached hydrogens (primary N) is 1. The maximum atomic E-state index is 13.4. The average molecular weight is 234 g/mol. The summed E-state index contributed by atoms with van der Waals surface area (Å²) in [5, 5.41) is 0. The molecule has 0 radical (unpaired) electrons. The molecular weight excluding hydrogens is 219 g/mol. The molecule has 0 aromatic heterocycles. The summed E-state index contributed by atoms with van der Waals surface area (Å²) in [5.74, 6) is 5.39. The fourth-order valence-electron chi connectivity index (χ4n) is 1.14. The summed E-state index contributed by atoms with van der Waals surface area (Å²) in [6.07, 6.45) is 8.40. The summed E-state index contributed by atoms with van der Waals surface area (Å²) < 4.78 is 18.8. The van der Waals surface area contributed by atoms with Crippen LogP contribution in [-0.2, 0) is 0 Å². The van der Waals surface area contributed by atoms with Crippen molar-refractivity contribution in [2.75, 3.05) is 0 Å². The number of halogens is 1. The Morgan fingerprint density at radius 3 is 2.82 bits per heavy atom. The molecule has 0 saturated carbocycles. The summed E-state index contributed by atoms with van der Waals surface area (Å²) in [4.78, 5) is 0. The fourth-order valence-corrected chi connectivity index (χ4v) is 1.14. The lowest BCUT2D eigenvalue weighted by Crippen LogP contribution is -2.12. The van der Waals surface area contributed by atoms with E-state index < -0.39 is 5.82 Å². The van der Waals surface area contributed by atoms with E-state index in [9.17, 15) is 4.39 Å². The van der Waals surface area contributed by atoms with Crippen LogP contribution >= 0.6 is 0 Å². The first-order valence-electron chi connectivity index (χ1n) is 5.16. The quantitative estimate of drug-likeness (QED) is 0.356. The topological polar surface area (TPSA) is 47.3 Å². The molecular formula is C13H15FN2O. The number of hydrogen-bond acceptors (Lipinski definition) is 3. The first-order chi connectivity index (χ1) is 8.27. The average Bonchev–Trinajstić information content (AvgIpc) is 2.32. The van der Waals surface area contributed by atoms with Crippen molar-refractivity contribution in [3.63, 3.8) is 0 Å². The van der Waals surface area contributed by atoms with Crippen molar-refractivity contribution in [1.29, 1.82) is 0 Å². The lowest BCUT2D eigenvalue weighted by Gasteiger charge is -2.06. The van der Waals surface area contributed by atoms with E-state index >= 15 is 0 Å². The van der Waals surface area contributed by atoms with Gasteiger partial charge in [-0.3, -0.25) is 5.84 Å². The summed E-state index contributed by atoms with van der Waals surface area (Å²) in [6, 6.07) is 6.24. The second-order valence-electron chi connectivity index (χ2n) is 3.13. The standard InChI is InChI=1S/C13H15FN2O/c1-2-6-11(7-5-10-16-15)17-13-9-4-3-8-12(13)14/h2-10,16H,15H2,1H3/b6-2+,10-5+,11-7+. The smallest absolute Gasteiger partial charge is 0.165 e. The molecule has 0 unspecified atom stereocenters. The Bertz CT molecular complexity index is 439. The van der Waals surface area contributed by atoms with Crippen molar-refractivity contribution < 1.29 is 9.13 Å². The van der Waals surface area contributed by atoms with Crippen molar-refractivity contribution in [3.8, 4) is 5.75 Å². The third kappa shape index (κ3) is 4.53. The minimum atomic E-state index is -0.399. The lowest BCUT2D eigenvalue weighted by atomic mass is 10.3. The monoisotopic (exact) mass is 234 g/mol. The van der Waals surface area contributed by atoms with E-state index in [1.54, 1.807) is 42.5 Å². The van der Waals surface area contributed by atoms with E-state index in [1.165, 1.54) is 12.3 Å². The molecule has 17 heavy (non-hydrogen) atoms. The Morgan fingerprint density at radius 1 is 1.41 bits per heavy atom. The molecule has 0 aliphatic heterocycles.